The Hall–Kier alpha value is -1.88. The third kappa shape index (κ3) is 2.86. The summed E-state index contributed by atoms with van der Waals surface area (Å²) in [6.07, 6.45) is 2.44. The van der Waals surface area contributed by atoms with Crippen LogP contribution in [-0.4, -0.2) is 49.4 Å². The van der Waals surface area contributed by atoms with E-state index in [0.29, 0.717) is 13.0 Å². The molecule has 5 heteroatoms. The maximum absolute atomic E-state index is 12.7. The zero-order valence-electron chi connectivity index (χ0n) is 13.0. The molecule has 2 amide bonds. The maximum atomic E-state index is 12.7. The Morgan fingerprint density at radius 1 is 1.18 bits per heavy atom. The van der Waals surface area contributed by atoms with E-state index < -0.39 is 0 Å². The molecule has 0 spiro atoms. The van der Waals surface area contributed by atoms with Gasteiger partial charge in [-0.2, -0.15) is 0 Å². The van der Waals surface area contributed by atoms with Gasteiger partial charge in [0.1, 0.15) is 6.04 Å². The van der Waals surface area contributed by atoms with Crippen LogP contribution in [0.3, 0.4) is 0 Å². The molecule has 2 aliphatic heterocycles. The number of rotatable bonds is 3. The molecule has 0 aromatic heterocycles. The molecule has 1 N–H and O–H groups in total. The number of hydrogen-bond acceptors (Lipinski definition) is 3. The molecule has 1 aromatic carbocycles. The highest BCUT2D eigenvalue weighted by Crippen LogP contribution is 2.25. The van der Waals surface area contributed by atoms with Gasteiger partial charge >= 0.3 is 0 Å². The monoisotopic (exact) mass is 301 g/mol. The van der Waals surface area contributed by atoms with Gasteiger partial charge in [0, 0.05) is 25.2 Å². The van der Waals surface area contributed by atoms with Crippen molar-refractivity contribution in [2.45, 2.75) is 25.3 Å². The molecule has 0 saturated carbocycles. The number of piperidine rings is 1. The Labute approximate surface area is 131 Å². The van der Waals surface area contributed by atoms with Gasteiger partial charge in [0.15, 0.2) is 0 Å². The van der Waals surface area contributed by atoms with Crippen LogP contribution in [0, 0.1) is 5.92 Å². The molecule has 2 aliphatic rings. The van der Waals surface area contributed by atoms with Crippen LogP contribution in [0.5, 0.6) is 0 Å². The third-order valence-corrected chi connectivity index (χ3v) is 4.75. The molecule has 2 fully saturated rings. The lowest BCUT2D eigenvalue weighted by Crippen LogP contribution is -2.47. The van der Waals surface area contributed by atoms with Gasteiger partial charge in [-0.15, -0.1) is 0 Å². The van der Waals surface area contributed by atoms with E-state index in [4.69, 9.17) is 0 Å². The number of anilines is 1. The minimum absolute atomic E-state index is 0.0379. The van der Waals surface area contributed by atoms with Gasteiger partial charge in [-0.1, -0.05) is 18.2 Å². The standard InChI is InChI=1S/C17H23N3O2/c1-19(16(21)13-7-10-18-11-8-13)15-9-12-20(17(15)22)14-5-3-2-4-6-14/h2-6,13,15,18H,7-12H2,1H3. The number of likely N-dealkylation sites (N-methyl/N-ethyl adjacent to an activating group) is 1. The average molecular weight is 301 g/mol. The molecule has 5 nitrogen and oxygen atoms in total. The molecule has 1 aromatic rings. The number of carbonyl (C=O) groups is 2. The van der Waals surface area contributed by atoms with Crippen molar-refractivity contribution in [3.05, 3.63) is 30.3 Å². The van der Waals surface area contributed by atoms with Crippen molar-refractivity contribution in [1.82, 2.24) is 10.2 Å². The first-order chi connectivity index (χ1) is 10.7. The van der Waals surface area contributed by atoms with Crippen molar-refractivity contribution >= 4 is 17.5 Å². The van der Waals surface area contributed by atoms with Crippen LogP contribution < -0.4 is 10.2 Å². The predicted octanol–water partition coefficient (Wildman–Crippen LogP) is 1.25. The fourth-order valence-corrected chi connectivity index (χ4v) is 3.40. The summed E-state index contributed by atoms with van der Waals surface area (Å²) < 4.78 is 0. The van der Waals surface area contributed by atoms with E-state index in [2.05, 4.69) is 5.32 Å². The number of nitrogens with zero attached hydrogens (tertiary/aromatic N) is 2. The van der Waals surface area contributed by atoms with Crippen molar-refractivity contribution in [3.8, 4) is 0 Å². The Morgan fingerprint density at radius 3 is 2.55 bits per heavy atom. The van der Waals surface area contributed by atoms with Gasteiger partial charge in [-0.3, -0.25) is 9.59 Å². The van der Waals surface area contributed by atoms with E-state index in [1.165, 1.54) is 0 Å². The largest absolute Gasteiger partial charge is 0.333 e. The lowest BCUT2D eigenvalue weighted by molar-refractivity contribution is -0.140. The summed E-state index contributed by atoms with van der Waals surface area (Å²) in [5, 5.41) is 3.27. The second-order valence-electron chi connectivity index (χ2n) is 6.10. The summed E-state index contributed by atoms with van der Waals surface area (Å²) >= 11 is 0. The van der Waals surface area contributed by atoms with Crippen LogP contribution in [0.1, 0.15) is 19.3 Å². The fourth-order valence-electron chi connectivity index (χ4n) is 3.40. The van der Waals surface area contributed by atoms with Crippen LogP contribution in [0.4, 0.5) is 5.69 Å². The normalized spacial score (nSPS) is 22.9. The zero-order chi connectivity index (χ0) is 15.5. The topological polar surface area (TPSA) is 52.7 Å². The highest BCUT2D eigenvalue weighted by Gasteiger charge is 2.38. The van der Waals surface area contributed by atoms with Crippen LogP contribution in [0.15, 0.2) is 30.3 Å². The van der Waals surface area contributed by atoms with E-state index in [1.807, 2.05) is 30.3 Å². The van der Waals surface area contributed by atoms with Crippen molar-refractivity contribution in [3.63, 3.8) is 0 Å². The van der Waals surface area contributed by atoms with E-state index in [9.17, 15) is 9.59 Å². The van der Waals surface area contributed by atoms with Crippen LogP contribution in [0.25, 0.3) is 0 Å². The van der Waals surface area contributed by atoms with Crippen LogP contribution in [0.2, 0.25) is 0 Å². The molecule has 1 unspecified atom stereocenters. The highest BCUT2D eigenvalue weighted by atomic mass is 16.2. The Bertz CT molecular complexity index is 540. The van der Waals surface area contributed by atoms with E-state index >= 15 is 0 Å². The Morgan fingerprint density at radius 2 is 1.86 bits per heavy atom. The van der Waals surface area contributed by atoms with E-state index in [0.717, 1.165) is 31.6 Å². The molecule has 0 bridgehead atoms. The molecule has 3 rings (SSSR count). The molecular formula is C17H23N3O2. The van der Waals surface area contributed by atoms with Gasteiger partial charge in [0.2, 0.25) is 11.8 Å². The lowest BCUT2D eigenvalue weighted by atomic mass is 9.96. The molecule has 0 radical (unpaired) electrons. The van der Waals surface area contributed by atoms with E-state index in [1.54, 1.807) is 16.8 Å². The summed E-state index contributed by atoms with van der Waals surface area (Å²) in [6.45, 7) is 2.45. The lowest BCUT2D eigenvalue weighted by Gasteiger charge is -2.30. The highest BCUT2D eigenvalue weighted by molar-refractivity contribution is 6.01. The molecule has 2 heterocycles. The van der Waals surface area contributed by atoms with Crippen molar-refractivity contribution in [1.29, 1.82) is 0 Å². The summed E-state index contributed by atoms with van der Waals surface area (Å²) in [7, 11) is 1.78. The Kier molecular flexibility index (Phi) is 4.43. The molecule has 2 saturated heterocycles. The third-order valence-electron chi connectivity index (χ3n) is 4.75. The fraction of sp³-hybridized carbons (Fsp3) is 0.529. The molecule has 1 atom stereocenters. The molecular weight excluding hydrogens is 278 g/mol. The van der Waals surface area contributed by atoms with Crippen molar-refractivity contribution < 1.29 is 9.59 Å². The summed E-state index contributed by atoms with van der Waals surface area (Å²) in [4.78, 5) is 28.7. The quantitative estimate of drug-likeness (QED) is 0.914. The summed E-state index contributed by atoms with van der Waals surface area (Å²) in [6, 6.07) is 9.36. The van der Waals surface area contributed by atoms with E-state index in [-0.39, 0.29) is 23.8 Å². The van der Waals surface area contributed by atoms with Crippen molar-refractivity contribution in [2.75, 3.05) is 31.6 Å². The van der Waals surface area contributed by atoms with Crippen LogP contribution in [-0.2, 0) is 9.59 Å². The van der Waals surface area contributed by atoms with Gasteiger partial charge in [-0.05, 0) is 44.5 Å². The number of nitrogens with one attached hydrogen (secondary N) is 1. The maximum Gasteiger partial charge on any atom is 0.249 e. The SMILES string of the molecule is CN(C(=O)C1CCNCC1)C1CCN(c2ccccc2)C1=O. The van der Waals surface area contributed by atoms with Crippen LogP contribution >= 0.6 is 0 Å². The smallest absolute Gasteiger partial charge is 0.249 e. The molecule has 22 heavy (non-hydrogen) atoms. The van der Waals surface area contributed by atoms with Gasteiger partial charge in [0.25, 0.3) is 0 Å². The number of carbonyl (C=O) groups excluding carboxylic acids is 2. The average Bonchev–Trinajstić information content (AvgIpc) is 2.96. The summed E-state index contributed by atoms with van der Waals surface area (Å²) in [5.74, 6) is 0.218. The van der Waals surface area contributed by atoms with Gasteiger partial charge in [0.05, 0.1) is 0 Å². The number of para-hydroxylation sites is 1. The first kappa shape index (κ1) is 15.0. The first-order valence-corrected chi connectivity index (χ1v) is 8.02. The second-order valence-corrected chi connectivity index (χ2v) is 6.10. The first-order valence-electron chi connectivity index (χ1n) is 8.02. The molecule has 0 aliphatic carbocycles. The molecule has 118 valence electrons. The zero-order valence-corrected chi connectivity index (χ0v) is 13.0. The number of benzene rings is 1. The Balaban J connectivity index is 1.67. The minimum atomic E-state index is -0.317. The predicted molar refractivity (Wildman–Crippen MR) is 85.6 cm³/mol. The van der Waals surface area contributed by atoms with Gasteiger partial charge in [-0.25, -0.2) is 0 Å². The minimum Gasteiger partial charge on any atom is -0.333 e. The van der Waals surface area contributed by atoms with Gasteiger partial charge < -0.3 is 15.1 Å². The second kappa shape index (κ2) is 6.48. The van der Waals surface area contributed by atoms with Crippen molar-refractivity contribution in [2.24, 2.45) is 5.92 Å². The summed E-state index contributed by atoms with van der Waals surface area (Å²) in [5.41, 5.74) is 0.915. The number of amides is 2. The number of hydrogen-bond donors (Lipinski definition) is 1.